The number of hydrogen-bond donors (Lipinski definition) is 2. The average Bonchev–Trinajstić information content (AvgIpc) is 2.96. The Morgan fingerprint density at radius 2 is 1.33 bits per heavy atom. The summed E-state index contributed by atoms with van der Waals surface area (Å²) in [4.78, 5) is 14.2. The Kier molecular flexibility index (Phi) is 9.30. The molecule has 0 amide bonds. The van der Waals surface area contributed by atoms with Gasteiger partial charge in [0.15, 0.2) is 0 Å². The molecule has 0 heterocycles. The molecule has 4 rings (SSSR count). The molecule has 2 unspecified atom stereocenters. The first-order valence-corrected chi connectivity index (χ1v) is 14.5. The van der Waals surface area contributed by atoms with Crippen LogP contribution in [0.1, 0.15) is 35.2 Å². The quantitative estimate of drug-likeness (QED) is 0.236. The van der Waals surface area contributed by atoms with E-state index in [0.717, 1.165) is 16.7 Å². The number of esters is 1. The molecule has 0 saturated carbocycles. The molecular weight excluding hydrogens is 508 g/mol. The Bertz CT molecular complexity index is 1440. The second-order valence-electron chi connectivity index (χ2n) is 9.47. The Hall–Kier alpha value is -3.78. The highest BCUT2D eigenvalue weighted by Crippen LogP contribution is 2.33. The number of carbonyl (C=O) groups is 1. The van der Waals surface area contributed by atoms with Crippen molar-refractivity contribution in [1.29, 1.82) is 0 Å². The molecule has 0 radical (unpaired) electrons. The molecule has 0 aliphatic heterocycles. The van der Waals surface area contributed by atoms with Crippen molar-refractivity contribution in [2.24, 2.45) is 0 Å². The van der Waals surface area contributed by atoms with E-state index < -0.39 is 27.6 Å². The minimum absolute atomic E-state index is 0.120. The van der Waals surface area contributed by atoms with Crippen LogP contribution in [0.5, 0.6) is 0 Å². The number of hydrogen-bond acceptors (Lipinski definition) is 5. The molecule has 2 atom stereocenters. The van der Waals surface area contributed by atoms with Crippen molar-refractivity contribution in [3.05, 3.63) is 138 Å². The van der Waals surface area contributed by atoms with Crippen molar-refractivity contribution in [1.82, 2.24) is 10.0 Å². The van der Waals surface area contributed by atoms with Gasteiger partial charge in [0.2, 0.25) is 10.0 Å². The van der Waals surface area contributed by atoms with E-state index in [0.29, 0.717) is 12.1 Å². The molecule has 2 N–H and O–H groups in total. The fraction of sp³-hybridized carbons (Fsp3) is 0.219. The molecule has 0 spiro atoms. The van der Waals surface area contributed by atoms with Gasteiger partial charge in [-0.25, -0.2) is 17.9 Å². The van der Waals surface area contributed by atoms with Gasteiger partial charge in [0.1, 0.15) is 5.54 Å². The highest BCUT2D eigenvalue weighted by molar-refractivity contribution is 7.89. The van der Waals surface area contributed by atoms with Crippen LogP contribution in [0.2, 0.25) is 0 Å². The summed E-state index contributed by atoms with van der Waals surface area (Å²) in [5, 5.41) is 3.46. The van der Waals surface area contributed by atoms with Gasteiger partial charge in [-0.05, 0) is 42.7 Å². The smallest absolute Gasteiger partial charge is 0.328 e. The van der Waals surface area contributed by atoms with Gasteiger partial charge in [0.25, 0.3) is 0 Å². The van der Waals surface area contributed by atoms with Gasteiger partial charge in [0.05, 0.1) is 17.5 Å². The van der Waals surface area contributed by atoms with E-state index in [9.17, 15) is 13.2 Å². The molecular formula is C32H34N2O4S. The number of benzene rings is 4. The van der Waals surface area contributed by atoms with Crippen molar-refractivity contribution in [2.75, 3.05) is 6.61 Å². The monoisotopic (exact) mass is 542 g/mol. The van der Waals surface area contributed by atoms with Crippen LogP contribution < -0.4 is 10.0 Å². The first-order valence-electron chi connectivity index (χ1n) is 13.0. The molecule has 0 aliphatic carbocycles. The summed E-state index contributed by atoms with van der Waals surface area (Å²) < 4.78 is 36.1. The van der Waals surface area contributed by atoms with Crippen molar-refractivity contribution in [3.63, 3.8) is 0 Å². The topological polar surface area (TPSA) is 84.5 Å². The largest absolute Gasteiger partial charge is 0.465 e. The predicted molar refractivity (Wildman–Crippen MR) is 153 cm³/mol. The molecule has 4 aromatic rings. The van der Waals surface area contributed by atoms with Crippen LogP contribution in [0.3, 0.4) is 0 Å². The first kappa shape index (κ1) is 28.2. The van der Waals surface area contributed by atoms with E-state index in [1.54, 1.807) is 31.2 Å². The molecule has 0 fully saturated rings. The third kappa shape index (κ3) is 7.00. The van der Waals surface area contributed by atoms with Crippen molar-refractivity contribution >= 4 is 16.0 Å². The lowest BCUT2D eigenvalue weighted by Gasteiger charge is -2.40. The molecule has 4 aromatic carbocycles. The van der Waals surface area contributed by atoms with Gasteiger partial charge in [-0.2, -0.15) is 0 Å². The number of rotatable bonds is 12. The zero-order chi connectivity index (χ0) is 27.7. The van der Waals surface area contributed by atoms with E-state index in [1.165, 1.54) is 0 Å². The highest BCUT2D eigenvalue weighted by Gasteiger charge is 2.49. The Labute approximate surface area is 231 Å². The van der Waals surface area contributed by atoms with Crippen LogP contribution >= 0.6 is 0 Å². The zero-order valence-corrected chi connectivity index (χ0v) is 23.0. The number of aryl methyl sites for hydroxylation is 1. The maximum absolute atomic E-state index is 14.1. The van der Waals surface area contributed by atoms with E-state index >= 15 is 0 Å². The standard InChI is InChI=1S/C32H34N2O4S/c1-3-38-31(35)32(23-26-13-7-4-8-14-26,33-24-27-15-9-5-10-16-27)30(28-17-11-6-12-18-28)34-39(36,37)29-21-19-25(2)20-22-29/h4-22,30,33-34H,3,23-24H2,1-2H3. The van der Waals surface area contributed by atoms with E-state index in [-0.39, 0.29) is 17.9 Å². The maximum Gasteiger partial charge on any atom is 0.328 e. The number of carbonyl (C=O) groups excluding carboxylic acids is 1. The van der Waals surface area contributed by atoms with Crippen LogP contribution in [0, 0.1) is 6.92 Å². The van der Waals surface area contributed by atoms with Crippen LogP contribution in [-0.4, -0.2) is 26.5 Å². The number of sulfonamides is 1. The van der Waals surface area contributed by atoms with Crippen molar-refractivity contribution in [3.8, 4) is 0 Å². The minimum Gasteiger partial charge on any atom is -0.465 e. The summed E-state index contributed by atoms with van der Waals surface area (Å²) in [5.74, 6) is -0.537. The van der Waals surface area contributed by atoms with Crippen LogP contribution in [0.15, 0.2) is 120 Å². The summed E-state index contributed by atoms with van der Waals surface area (Å²) in [6.07, 6.45) is 0.190. The average molecular weight is 543 g/mol. The molecule has 0 saturated heterocycles. The van der Waals surface area contributed by atoms with Crippen molar-refractivity contribution in [2.45, 2.75) is 43.3 Å². The zero-order valence-electron chi connectivity index (χ0n) is 22.2. The van der Waals surface area contributed by atoms with Gasteiger partial charge < -0.3 is 4.74 Å². The van der Waals surface area contributed by atoms with Crippen LogP contribution in [-0.2, 0) is 32.5 Å². The van der Waals surface area contributed by atoms with E-state index in [4.69, 9.17) is 4.74 Å². The Morgan fingerprint density at radius 3 is 1.90 bits per heavy atom. The van der Waals surface area contributed by atoms with Gasteiger partial charge in [-0.15, -0.1) is 0 Å². The van der Waals surface area contributed by atoms with Crippen LogP contribution in [0.4, 0.5) is 0 Å². The third-order valence-electron chi connectivity index (χ3n) is 6.65. The Morgan fingerprint density at radius 1 is 0.795 bits per heavy atom. The van der Waals surface area contributed by atoms with Crippen molar-refractivity contribution < 1.29 is 17.9 Å². The lowest BCUT2D eigenvalue weighted by molar-refractivity contribution is -0.152. The summed E-state index contributed by atoms with van der Waals surface area (Å²) >= 11 is 0. The second-order valence-corrected chi connectivity index (χ2v) is 11.2. The maximum atomic E-state index is 14.1. The summed E-state index contributed by atoms with van der Waals surface area (Å²) in [6.45, 7) is 4.11. The van der Waals surface area contributed by atoms with Gasteiger partial charge in [0, 0.05) is 13.0 Å². The SMILES string of the molecule is CCOC(=O)C(Cc1ccccc1)(NCc1ccccc1)C(NS(=O)(=O)c1ccc(C)cc1)c1ccccc1. The molecule has 39 heavy (non-hydrogen) atoms. The fourth-order valence-corrected chi connectivity index (χ4v) is 5.88. The Balaban J connectivity index is 1.88. The fourth-order valence-electron chi connectivity index (χ4n) is 4.60. The predicted octanol–water partition coefficient (Wildman–Crippen LogP) is 5.35. The summed E-state index contributed by atoms with van der Waals surface area (Å²) in [5.41, 5.74) is 1.92. The normalized spacial score (nSPS) is 13.8. The molecule has 202 valence electrons. The number of ether oxygens (including phenoxy) is 1. The lowest BCUT2D eigenvalue weighted by atomic mass is 9.80. The van der Waals surface area contributed by atoms with Crippen LogP contribution in [0.25, 0.3) is 0 Å². The lowest BCUT2D eigenvalue weighted by Crippen LogP contribution is -2.62. The third-order valence-corrected chi connectivity index (χ3v) is 8.09. The first-order chi connectivity index (χ1) is 18.8. The minimum atomic E-state index is -4.03. The molecule has 0 aliphatic rings. The molecule has 6 nitrogen and oxygen atoms in total. The van der Waals surface area contributed by atoms with Gasteiger partial charge >= 0.3 is 5.97 Å². The van der Waals surface area contributed by atoms with E-state index in [1.807, 2.05) is 97.9 Å². The number of nitrogens with one attached hydrogen (secondary N) is 2. The molecule has 0 aromatic heterocycles. The van der Waals surface area contributed by atoms with Gasteiger partial charge in [-0.3, -0.25) is 5.32 Å². The molecule has 7 heteroatoms. The summed E-state index contributed by atoms with van der Waals surface area (Å²) in [6, 6.07) is 34.1. The van der Waals surface area contributed by atoms with E-state index in [2.05, 4.69) is 10.0 Å². The highest BCUT2D eigenvalue weighted by atomic mass is 32.2. The summed E-state index contributed by atoms with van der Waals surface area (Å²) in [7, 11) is -4.03. The second kappa shape index (κ2) is 12.8. The van der Waals surface area contributed by atoms with Gasteiger partial charge in [-0.1, -0.05) is 109 Å². The molecule has 0 bridgehead atoms.